The van der Waals surface area contributed by atoms with Crippen LogP contribution in [-0.2, 0) is 4.74 Å². The molecule has 0 aromatic heterocycles. The predicted octanol–water partition coefficient (Wildman–Crippen LogP) is 2.31. The molecule has 3 nitrogen and oxygen atoms in total. The molecule has 4 heteroatoms. The summed E-state index contributed by atoms with van der Waals surface area (Å²) in [5, 5.41) is 0. The van der Waals surface area contributed by atoms with Crippen LogP contribution in [0.4, 0.5) is 5.69 Å². The fraction of sp³-hybridized carbons (Fsp3) is 0.500. The lowest BCUT2D eigenvalue weighted by atomic mass is 10.1. The number of nitrogens with zero attached hydrogens (tertiary/aromatic N) is 1. The van der Waals surface area contributed by atoms with Crippen LogP contribution in [0, 0.1) is 0 Å². The maximum absolute atomic E-state index is 6.01. The second-order valence-corrected chi connectivity index (χ2v) is 5.01. The average molecular weight is 285 g/mol. The van der Waals surface area contributed by atoms with Crippen LogP contribution in [0.5, 0.6) is 0 Å². The number of morpholine rings is 1. The number of hydrogen-bond donors (Lipinski definition) is 1. The first-order valence-electron chi connectivity index (χ1n) is 5.56. The lowest BCUT2D eigenvalue weighted by Gasteiger charge is -2.31. The number of halogens is 1. The number of hydrogen-bond acceptors (Lipinski definition) is 3. The third-order valence-electron chi connectivity index (χ3n) is 2.83. The Labute approximate surface area is 105 Å². The molecule has 2 rings (SSSR count). The number of nitrogens with two attached hydrogens (primary N) is 1. The summed E-state index contributed by atoms with van der Waals surface area (Å²) in [7, 11) is 0. The van der Waals surface area contributed by atoms with Crippen LogP contribution in [0.1, 0.15) is 18.5 Å². The smallest absolute Gasteiger partial charge is 0.0642 e. The molecule has 1 atom stereocenters. The Morgan fingerprint density at radius 1 is 1.38 bits per heavy atom. The molecule has 88 valence electrons. The van der Waals surface area contributed by atoms with E-state index in [0.717, 1.165) is 30.8 Å². The van der Waals surface area contributed by atoms with E-state index in [9.17, 15) is 0 Å². The van der Waals surface area contributed by atoms with E-state index in [1.165, 1.54) is 11.3 Å². The van der Waals surface area contributed by atoms with Crippen molar-refractivity contribution in [1.29, 1.82) is 0 Å². The van der Waals surface area contributed by atoms with Crippen molar-refractivity contribution < 1.29 is 4.74 Å². The highest BCUT2D eigenvalue weighted by Crippen LogP contribution is 2.29. The highest BCUT2D eigenvalue weighted by Gasteiger charge is 2.16. The van der Waals surface area contributed by atoms with Gasteiger partial charge in [0.05, 0.1) is 13.2 Å². The van der Waals surface area contributed by atoms with Gasteiger partial charge in [0.25, 0.3) is 0 Å². The van der Waals surface area contributed by atoms with Gasteiger partial charge in [-0.3, -0.25) is 0 Å². The van der Waals surface area contributed by atoms with Gasteiger partial charge in [-0.1, -0.05) is 15.9 Å². The van der Waals surface area contributed by atoms with Crippen molar-refractivity contribution in [2.45, 2.75) is 13.0 Å². The standard InChI is InChI=1S/C12H17BrN2O/c1-9(14)11-8-10(13)2-3-12(11)15-4-6-16-7-5-15/h2-3,8-9H,4-7,14H2,1H3. The van der Waals surface area contributed by atoms with Gasteiger partial charge in [-0.05, 0) is 30.7 Å². The zero-order valence-corrected chi connectivity index (χ0v) is 11.0. The maximum Gasteiger partial charge on any atom is 0.0642 e. The van der Waals surface area contributed by atoms with Crippen molar-refractivity contribution in [2.24, 2.45) is 5.73 Å². The Bertz CT molecular complexity index is 362. The minimum absolute atomic E-state index is 0.0512. The molecule has 1 aromatic rings. The van der Waals surface area contributed by atoms with Crippen molar-refractivity contribution in [3.8, 4) is 0 Å². The van der Waals surface area contributed by atoms with E-state index < -0.39 is 0 Å². The van der Waals surface area contributed by atoms with E-state index in [-0.39, 0.29) is 6.04 Å². The lowest BCUT2D eigenvalue weighted by Crippen LogP contribution is -2.37. The van der Waals surface area contributed by atoms with Crippen molar-refractivity contribution in [1.82, 2.24) is 0 Å². The van der Waals surface area contributed by atoms with Gasteiger partial charge in [0.1, 0.15) is 0 Å². The van der Waals surface area contributed by atoms with E-state index in [0.29, 0.717) is 0 Å². The minimum Gasteiger partial charge on any atom is -0.378 e. The van der Waals surface area contributed by atoms with Crippen LogP contribution in [-0.4, -0.2) is 26.3 Å². The monoisotopic (exact) mass is 284 g/mol. The van der Waals surface area contributed by atoms with Gasteiger partial charge in [0.2, 0.25) is 0 Å². The molecular formula is C12H17BrN2O. The van der Waals surface area contributed by atoms with Crippen LogP contribution in [0.3, 0.4) is 0 Å². The van der Waals surface area contributed by atoms with Gasteiger partial charge < -0.3 is 15.4 Å². The molecule has 2 N–H and O–H groups in total. The molecule has 0 saturated carbocycles. The molecule has 1 aliphatic rings. The Balaban J connectivity index is 2.31. The molecule has 0 radical (unpaired) electrons. The van der Waals surface area contributed by atoms with E-state index in [1.54, 1.807) is 0 Å². The predicted molar refractivity (Wildman–Crippen MR) is 69.8 cm³/mol. The number of ether oxygens (including phenoxy) is 1. The second kappa shape index (κ2) is 5.17. The summed E-state index contributed by atoms with van der Waals surface area (Å²) in [5.74, 6) is 0. The molecule has 1 aromatic carbocycles. The van der Waals surface area contributed by atoms with E-state index in [1.807, 2.05) is 6.92 Å². The fourth-order valence-electron chi connectivity index (χ4n) is 1.98. The highest BCUT2D eigenvalue weighted by molar-refractivity contribution is 9.10. The van der Waals surface area contributed by atoms with Crippen LogP contribution < -0.4 is 10.6 Å². The van der Waals surface area contributed by atoms with Crippen LogP contribution in [0.15, 0.2) is 22.7 Å². The first-order chi connectivity index (χ1) is 7.68. The zero-order valence-electron chi connectivity index (χ0n) is 9.45. The van der Waals surface area contributed by atoms with Crippen LogP contribution in [0.2, 0.25) is 0 Å². The second-order valence-electron chi connectivity index (χ2n) is 4.09. The summed E-state index contributed by atoms with van der Waals surface area (Å²) in [5.41, 5.74) is 8.44. The van der Waals surface area contributed by atoms with Gasteiger partial charge in [-0.15, -0.1) is 0 Å². The molecule has 1 saturated heterocycles. The molecule has 1 heterocycles. The Hall–Kier alpha value is -0.580. The lowest BCUT2D eigenvalue weighted by molar-refractivity contribution is 0.122. The molecule has 0 amide bonds. The summed E-state index contributed by atoms with van der Waals surface area (Å²) in [4.78, 5) is 2.34. The van der Waals surface area contributed by atoms with Gasteiger partial charge in [-0.2, -0.15) is 0 Å². The molecule has 0 spiro atoms. The minimum atomic E-state index is 0.0512. The zero-order chi connectivity index (χ0) is 11.5. The number of rotatable bonds is 2. The Morgan fingerprint density at radius 2 is 2.06 bits per heavy atom. The maximum atomic E-state index is 6.01. The van der Waals surface area contributed by atoms with Gasteiger partial charge in [0.15, 0.2) is 0 Å². The van der Waals surface area contributed by atoms with Gasteiger partial charge >= 0.3 is 0 Å². The third-order valence-corrected chi connectivity index (χ3v) is 3.33. The fourth-order valence-corrected chi connectivity index (χ4v) is 2.36. The molecule has 1 aliphatic heterocycles. The molecule has 1 unspecified atom stereocenters. The Morgan fingerprint density at radius 3 is 2.69 bits per heavy atom. The van der Waals surface area contributed by atoms with Crippen molar-refractivity contribution >= 4 is 21.6 Å². The third kappa shape index (κ3) is 2.56. The summed E-state index contributed by atoms with van der Waals surface area (Å²) < 4.78 is 6.44. The Kier molecular flexibility index (Phi) is 3.84. The normalized spacial score (nSPS) is 18.6. The van der Waals surface area contributed by atoms with E-state index in [2.05, 4.69) is 39.0 Å². The molecule has 1 fully saturated rings. The van der Waals surface area contributed by atoms with Gasteiger partial charge in [-0.25, -0.2) is 0 Å². The quantitative estimate of drug-likeness (QED) is 0.906. The number of benzene rings is 1. The van der Waals surface area contributed by atoms with Crippen molar-refractivity contribution in [3.63, 3.8) is 0 Å². The summed E-state index contributed by atoms with van der Waals surface area (Å²) >= 11 is 3.49. The van der Waals surface area contributed by atoms with Crippen LogP contribution >= 0.6 is 15.9 Å². The summed E-state index contributed by atoms with van der Waals surface area (Å²) in [6.45, 7) is 5.51. The summed E-state index contributed by atoms with van der Waals surface area (Å²) in [6, 6.07) is 6.36. The summed E-state index contributed by atoms with van der Waals surface area (Å²) in [6.07, 6.45) is 0. The average Bonchev–Trinajstić information content (AvgIpc) is 2.30. The first-order valence-corrected chi connectivity index (χ1v) is 6.35. The van der Waals surface area contributed by atoms with Crippen LogP contribution in [0.25, 0.3) is 0 Å². The number of anilines is 1. The van der Waals surface area contributed by atoms with Crippen molar-refractivity contribution in [2.75, 3.05) is 31.2 Å². The molecule has 0 bridgehead atoms. The first kappa shape index (κ1) is 11.9. The molecule has 0 aliphatic carbocycles. The van der Waals surface area contributed by atoms with Crippen molar-refractivity contribution in [3.05, 3.63) is 28.2 Å². The van der Waals surface area contributed by atoms with E-state index in [4.69, 9.17) is 10.5 Å². The molecule has 16 heavy (non-hydrogen) atoms. The van der Waals surface area contributed by atoms with E-state index >= 15 is 0 Å². The highest BCUT2D eigenvalue weighted by atomic mass is 79.9. The SMILES string of the molecule is CC(N)c1cc(Br)ccc1N1CCOCC1. The topological polar surface area (TPSA) is 38.5 Å². The van der Waals surface area contributed by atoms with Gasteiger partial charge in [0, 0.05) is 29.3 Å². The largest absolute Gasteiger partial charge is 0.378 e. The molecular weight excluding hydrogens is 268 g/mol.